The van der Waals surface area contributed by atoms with Gasteiger partial charge < -0.3 is 4.74 Å². The van der Waals surface area contributed by atoms with Crippen LogP contribution >= 0.6 is 11.8 Å². The summed E-state index contributed by atoms with van der Waals surface area (Å²) in [4.78, 5) is 36.5. The van der Waals surface area contributed by atoms with Crippen molar-refractivity contribution < 1.29 is 23.5 Å². The van der Waals surface area contributed by atoms with Gasteiger partial charge in [-0.3, -0.25) is 14.5 Å². The predicted molar refractivity (Wildman–Crippen MR) is 75.7 cm³/mol. The number of methoxy groups -OCH3 is 1. The maximum atomic E-state index is 12.8. The van der Waals surface area contributed by atoms with Crippen LogP contribution in [-0.4, -0.2) is 35.2 Å². The summed E-state index contributed by atoms with van der Waals surface area (Å²) in [6.45, 7) is 1.42. The van der Waals surface area contributed by atoms with E-state index >= 15 is 0 Å². The van der Waals surface area contributed by atoms with Crippen molar-refractivity contribution in [2.24, 2.45) is 0 Å². The van der Waals surface area contributed by atoms with Gasteiger partial charge in [0.05, 0.1) is 12.0 Å². The first-order chi connectivity index (χ1) is 9.93. The maximum absolute atomic E-state index is 12.8. The van der Waals surface area contributed by atoms with Crippen LogP contribution in [0.3, 0.4) is 0 Å². The molecule has 0 spiro atoms. The number of carbonyl (C=O) groups is 3. The molecule has 0 aliphatic carbocycles. The molecule has 1 saturated heterocycles. The quantitative estimate of drug-likeness (QED) is 0.634. The van der Waals surface area contributed by atoms with Gasteiger partial charge in [0.1, 0.15) is 11.9 Å². The number of nitrogens with zero attached hydrogens (tertiary/aromatic N) is 1. The van der Waals surface area contributed by atoms with Crippen molar-refractivity contribution >= 4 is 35.0 Å². The first-order valence-electron chi connectivity index (χ1n) is 6.04. The van der Waals surface area contributed by atoms with E-state index in [9.17, 15) is 18.8 Å². The van der Waals surface area contributed by atoms with E-state index in [4.69, 9.17) is 0 Å². The number of esters is 1. The Bertz CT molecular complexity index is 626. The molecule has 1 aliphatic heterocycles. The molecule has 1 atom stereocenters. The van der Waals surface area contributed by atoms with Crippen LogP contribution in [0, 0.1) is 5.82 Å². The average Bonchev–Trinajstić information content (AvgIpc) is 2.74. The van der Waals surface area contributed by atoms with Gasteiger partial charge in [0.15, 0.2) is 0 Å². The summed E-state index contributed by atoms with van der Waals surface area (Å²) in [6.07, 6.45) is 1.48. The van der Waals surface area contributed by atoms with E-state index in [1.165, 1.54) is 44.4 Å². The van der Waals surface area contributed by atoms with Crippen molar-refractivity contribution in [3.63, 3.8) is 0 Å². The lowest BCUT2D eigenvalue weighted by Crippen LogP contribution is -2.42. The molecular formula is C14H12FNO4S. The van der Waals surface area contributed by atoms with Crippen LogP contribution in [0.1, 0.15) is 12.5 Å². The molecule has 2 amide bonds. The third-order valence-corrected chi connectivity index (χ3v) is 3.80. The number of hydrogen-bond donors (Lipinski definition) is 0. The molecule has 0 saturated carbocycles. The fourth-order valence-corrected chi connectivity index (χ4v) is 2.71. The standard InChI is InChI=1S/C14H12FNO4S/c1-8(13(18)20-2)16-12(17)11(21-14(16)19)7-9-3-5-10(15)6-4-9/h3-8H,1-2H3/b11-7-/t8-/m1/s1. The molecule has 21 heavy (non-hydrogen) atoms. The summed E-state index contributed by atoms with van der Waals surface area (Å²) >= 11 is 0.734. The van der Waals surface area contributed by atoms with E-state index in [1.807, 2.05) is 0 Å². The summed E-state index contributed by atoms with van der Waals surface area (Å²) in [5.74, 6) is -1.62. The van der Waals surface area contributed by atoms with E-state index < -0.39 is 23.2 Å². The average molecular weight is 309 g/mol. The Morgan fingerprint density at radius 3 is 2.52 bits per heavy atom. The Labute approximate surface area is 124 Å². The van der Waals surface area contributed by atoms with Crippen molar-refractivity contribution in [2.45, 2.75) is 13.0 Å². The molecule has 1 fully saturated rings. The van der Waals surface area contributed by atoms with Gasteiger partial charge in [0.25, 0.3) is 11.1 Å². The molecule has 0 bridgehead atoms. The molecule has 5 nitrogen and oxygen atoms in total. The second-order valence-electron chi connectivity index (χ2n) is 4.30. The minimum Gasteiger partial charge on any atom is -0.467 e. The summed E-state index contributed by atoms with van der Waals surface area (Å²) in [6, 6.07) is 4.52. The van der Waals surface area contributed by atoms with Crippen molar-refractivity contribution in [1.29, 1.82) is 0 Å². The number of ether oxygens (including phenoxy) is 1. The molecule has 0 unspecified atom stereocenters. The van der Waals surface area contributed by atoms with Crippen LogP contribution in [0.15, 0.2) is 29.2 Å². The van der Waals surface area contributed by atoms with Gasteiger partial charge in [0, 0.05) is 0 Å². The molecule has 2 rings (SSSR count). The highest BCUT2D eigenvalue weighted by Gasteiger charge is 2.41. The molecule has 110 valence electrons. The Morgan fingerprint density at radius 1 is 1.33 bits per heavy atom. The van der Waals surface area contributed by atoms with Crippen molar-refractivity contribution in [3.8, 4) is 0 Å². The third-order valence-electron chi connectivity index (χ3n) is 2.92. The minimum atomic E-state index is -0.985. The highest BCUT2D eigenvalue weighted by atomic mass is 32.2. The van der Waals surface area contributed by atoms with Crippen LogP contribution < -0.4 is 0 Å². The fourth-order valence-electron chi connectivity index (χ4n) is 1.80. The van der Waals surface area contributed by atoms with Crippen molar-refractivity contribution in [2.75, 3.05) is 7.11 Å². The summed E-state index contributed by atoms with van der Waals surface area (Å²) in [5.41, 5.74) is 0.590. The van der Waals surface area contributed by atoms with Crippen LogP contribution in [-0.2, 0) is 14.3 Å². The predicted octanol–water partition coefficient (Wildman–Crippen LogP) is 2.42. The number of imide groups is 1. The zero-order valence-electron chi connectivity index (χ0n) is 11.3. The normalized spacial score (nSPS) is 18.2. The van der Waals surface area contributed by atoms with Crippen molar-refractivity contribution in [1.82, 2.24) is 4.90 Å². The number of thioether (sulfide) groups is 1. The first-order valence-corrected chi connectivity index (χ1v) is 6.86. The first kappa shape index (κ1) is 15.2. The lowest BCUT2D eigenvalue weighted by molar-refractivity contribution is -0.148. The Kier molecular flexibility index (Phi) is 4.42. The molecule has 0 radical (unpaired) electrons. The second kappa shape index (κ2) is 6.09. The van der Waals surface area contributed by atoms with Gasteiger partial charge >= 0.3 is 5.97 Å². The van der Waals surface area contributed by atoms with Crippen LogP contribution in [0.25, 0.3) is 6.08 Å². The van der Waals surface area contributed by atoms with Crippen LogP contribution in [0.5, 0.6) is 0 Å². The smallest absolute Gasteiger partial charge is 0.328 e. The van der Waals surface area contributed by atoms with Gasteiger partial charge in [-0.05, 0) is 42.5 Å². The monoisotopic (exact) mass is 309 g/mol. The largest absolute Gasteiger partial charge is 0.467 e. The molecule has 1 aromatic carbocycles. The summed E-state index contributed by atoms with van der Waals surface area (Å²) < 4.78 is 17.4. The lowest BCUT2D eigenvalue weighted by Gasteiger charge is -2.18. The van der Waals surface area contributed by atoms with E-state index in [-0.39, 0.29) is 10.7 Å². The Morgan fingerprint density at radius 2 is 1.95 bits per heavy atom. The van der Waals surface area contributed by atoms with Gasteiger partial charge in [0.2, 0.25) is 0 Å². The van der Waals surface area contributed by atoms with Gasteiger partial charge in [-0.2, -0.15) is 0 Å². The highest BCUT2D eigenvalue weighted by molar-refractivity contribution is 8.18. The van der Waals surface area contributed by atoms with Gasteiger partial charge in [-0.15, -0.1) is 0 Å². The highest BCUT2D eigenvalue weighted by Crippen LogP contribution is 2.33. The summed E-state index contributed by atoms with van der Waals surface area (Å²) in [7, 11) is 1.19. The molecule has 0 aromatic heterocycles. The van der Waals surface area contributed by atoms with E-state index in [0.717, 1.165) is 16.7 Å². The second-order valence-corrected chi connectivity index (χ2v) is 5.30. The fraction of sp³-hybridized carbons (Fsp3) is 0.214. The topological polar surface area (TPSA) is 63.7 Å². The van der Waals surface area contributed by atoms with Crippen molar-refractivity contribution in [3.05, 3.63) is 40.6 Å². The molecule has 7 heteroatoms. The maximum Gasteiger partial charge on any atom is 0.328 e. The number of halogens is 1. The number of amides is 2. The van der Waals surface area contributed by atoms with Crippen LogP contribution in [0.2, 0.25) is 0 Å². The van der Waals surface area contributed by atoms with E-state index in [2.05, 4.69) is 4.74 Å². The van der Waals surface area contributed by atoms with Crippen LogP contribution in [0.4, 0.5) is 9.18 Å². The number of rotatable bonds is 3. The number of hydrogen-bond acceptors (Lipinski definition) is 5. The molecule has 1 heterocycles. The Balaban J connectivity index is 2.25. The SMILES string of the molecule is COC(=O)[C@@H](C)N1C(=O)S/C(=C\c2ccc(F)cc2)C1=O. The molecule has 1 aromatic rings. The summed E-state index contributed by atoms with van der Waals surface area (Å²) in [5, 5.41) is -0.536. The van der Waals surface area contributed by atoms with E-state index in [1.54, 1.807) is 0 Å². The third kappa shape index (κ3) is 3.13. The molecule has 1 aliphatic rings. The van der Waals surface area contributed by atoms with E-state index in [0.29, 0.717) is 5.56 Å². The lowest BCUT2D eigenvalue weighted by atomic mass is 10.2. The van der Waals surface area contributed by atoms with Gasteiger partial charge in [-0.25, -0.2) is 9.18 Å². The Hall–Kier alpha value is -2.15. The zero-order chi connectivity index (χ0) is 15.6. The number of carbonyl (C=O) groups excluding carboxylic acids is 3. The molecule has 0 N–H and O–H groups in total. The minimum absolute atomic E-state index is 0.183. The van der Waals surface area contributed by atoms with Gasteiger partial charge in [-0.1, -0.05) is 12.1 Å². The number of benzene rings is 1. The molecular weight excluding hydrogens is 297 g/mol. The zero-order valence-corrected chi connectivity index (χ0v) is 12.1.